The summed E-state index contributed by atoms with van der Waals surface area (Å²) in [5, 5.41) is 23.5. The minimum absolute atomic E-state index is 0.215. The van der Waals surface area contributed by atoms with Crippen molar-refractivity contribution in [3.63, 3.8) is 0 Å². The third-order valence-corrected chi connectivity index (χ3v) is 5.52. The van der Waals surface area contributed by atoms with Crippen molar-refractivity contribution >= 4 is 55.7 Å². The van der Waals surface area contributed by atoms with Crippen LogP contribution < -0.4 is 16.0 Å². The van der Waals surface area contributed by atoms with E-state index >= 15 is 0 Å². The van der Waals surface area contributed by atoms with Gasteiger partial charge in [-0.2, -0.15) is 0 Å². The van der Waals surface area contributed by atoms with Crippen molar-refractivity contribution in [3.8, 4) is 0 Å². The number of nitrogens with one attached hydrogen (secondary N) is 3. The van der Waals surface area contributed by atoms with E-state index in [1.54, 1.807) is 23.9 Å². The van der Waals surface area contributed by atoms with Crippen molar-refractivity contribution in [2.24, 2.45) is 0 Å². The molecule has 28 heavy (non-hydrogen) atoms. The molecule has 0 aliphatic rings. The van der Waals surface area contributed by atoms with Crippen LogP contribution in [0.15, 0.2) is 34.6 Å². The van der Waals surface area contributed by atoms with Gasteiger partial charge in [0.05, 0.1) is 10.2 Å². The molecule has 0 unspecified atom stereocenters. The molecule has 0 saturated carbocycles. The lowest BCUT2D eigenvalue weighted by atomic mass is 10.3. The first kappa shape index (κ1) is 18.3. The van der Waals surface area contributed by atoms with E-state index in [4.69, 9.17) is 9.63 Å². The fourth-order valence-corrected chi connectivity index (χ4v) is 4.01. The second-order valence-electron chi connectivity index (χ2n) is 5.58. The Hall–Kier alpha value is -3.09. The SMILES string of the molecule is O=C(Nc1cc(CO)on1)Nc1ncc(CCNc2ncnc3ccsc23)s1. The second kappa shape index (κ2) is 8.29. The first-order chi connectivity index (χ1) is 13.7. The zero-order valence-electron chi connectivity index (χ0n) is 14.4. The number of rotatable bonds is 7. The smallest absolute Gasteiger partial charge is 0.326 e. The van der Waals surface area contributed by atoms with Crippen LogP contribution in [-0.2, 0) is 13.0 Å². The molecule has 4 heterocycles. The number of carbonyl (C=O) groups is 1. The summed E-state index contributed by atoms with van der Waals surface area (Å²) in [4.78, 5) is 25.7. The van der Waals surface area contributed by atoms with Gasteiger partial charge in [0.2, 0.25) is 0 Å². The van der Waals surface area contributed by atoms with Gasteiger partial charge in [-0.25, -0.2) is 19.7 Å². The molecule has 2 amide bonds. The van der Waals surface area contributed by atoms with Gasteiger partial charge in [0.25, 0.3) is 0 Å². The first-order valence-corrected chi connectivity index (χ1v) is 9.92. The van der Waals surface area contributed by atoms with Crippen LogP contribution in [0, 0.1) is 0 Å². The van der Waals surface area contributed by atoms with E-state index in [9.17, 15) is 4.79 Å². The van der Waals surface area contributed by atoms with Crippen LogP contribution in [0.5, 0.6) is 0 Å². The number of aromatic nitrogens is 4. The minimum Gasteiger partial charge on any atom is -0.388 e. The number of aliphatic hydroxyl groups is 1. The zero-order valence-corrected chi connectivity index (χ0v) is 16.0. The van der Waals surface area contributed by atoms with Gasteiger partial charge in [0.15, 0.2) is 16.7 Å². The summed E-state index contributed by atoms with van der Waals surface area (Å²) in [7, 11) is 0. The average molecular weight is 417 g/mol. The molecular formula is C16H15N7O3S2. The summed E-state index contributed by atoms with van der Waals surface area (Å²) in [6.45, 7) is 0.397. The van der Waals surface area contributed by atoms with Crippen LogP contribution in [-0.4, -0.2) is 37.8 Å². The highest BCUT2D eigenvalue weighted by Gasteiger charge is 2.10. The van der Waals surface area contributed by atoms with E-state index in [-0.39, 0.29) is 18.2 Å². The van der Waals surface area contributed by atoms with E-state index in [2.05, 4.69) is 36.1 Å². The van der Waals surface area contributed by atoms with Crippen molar-refractivity contribution in [1.29, 1.82) is 0 Å². The van der Waals surface area contributed by atoms with Crippen LogP contribution in [0.25, 0.3) is 10.2 Å². The van der Waals surface area contributed by atoms with Gasteiger partial charge in [-0.05, 0) is 11.4 Å². The van der Waals surface area contributed by atoms with Gasteiger partial charge in [-0.15, -0.1) is 22.7 Å². The largest absolute Gasteiger partial charge is 0.388 e. The quantitative estimate of drug-likeness (QED) is 0.360. The Morgan fingerprint density at radius 2 is 2.18 bits per heavy atom. The fraction of sp³-hybridized carbons (Fsp3) is 0.188. The summed E-state index contributed by atoms with van der Waals surface area (Å²) in [5.74, 6) is 1.30. The summed E-state index contributed by atoms with van der Waals surface area (Å²) < 4.78 is 5.83. The lowest BCUT2D eigenvalue weighted by Gasteiger charge is -2.04. The van der Waals surface area contributed by atoms with Gasteiger partial charge >= 0.3 is 6.03 Å². The molecule has 144 valence electrons. The van der Waals surface area contributed by atoms with Crippen molar-refractivity contribution < 1.29 is 14.4 Å². The van der Waals surface area contributed by atoms with Crippen LogP contribution in [0.3, 0.4) is 0 Å². The summed E-state index contributed by atoms with van der Waals surface area (Å²) in [6.07, 6.45) is 4.01. The lowest BCUT2D eigenvalue weighted by Crippen LogP contribution is -2.19. The van der Waals surface area contributed by atoms with Crippen molar-refractivity contribution in [1.82, 2.24) is 20.1 Å². The average Bonchev–Trinajstić information content (AvgIpc) is 3.42. The molecule has 4 N–H and O–H groups in total. The van der Waals surface area contributed by atoms with Gasteiger partial charge in [-0.1, -0.05) is 5.16 Å². The predicted molar refractivity (Wildman–Crippen MR) is 107 cm³/mol. The summed E-state index contributed by atoms with van der Waals surface area (Å²) in [5.41, 5.74) is 0.927. The number of amides is 2. The Labute approximate surface area is 166 Å². The van der Waals surface area contributed by atoms with Gasteiger partial charge in [0.1, 0.15) is 18.8 Å². The number of carbonyl (C=O) groups excluding carboxylic acids is 1. The first-order valence-electron chi connectivity index (χ1n) is 8.22. The fourth-order valence-electron chi connectivity index (χ4n) is 2.39. The molecular weight excluding hydrogens is 402 g/mol. The highest BCUT2D eigenvalue weighted by atomic mass is 32.1. The molecule has 0 spiro atoms. The number of hydrogen-bond donors (Lipinski definition) is 4. The highest BCUT2D eigenvalue weighted by molar-refractivity contribution is 7.17. The van der Waals surface area contributed by atoms with Crippen molar-refractivity contribution in [2.75, 3.05) is 22.5 Å². The van der Waals surface area contributed by atoms with Gasteiger partial charge < -0.3 is 14.9 Å². The highest BCUT2D eigenvalue weighted by Crippen LogP contribution is 2.25. The van der Waals surface area contributed by atoms with Gasteiger partial charge in [0, 0.05) is 30.1 Å². The standard InChI is InChI=1S/C16H15N7O3S2/c24-7-9-5-12(23-26-9)21-15(25)22-16-18-6-10(28-16)1-3-17-14-13-11(2-4-27-13)19-8-20-14/h2,4-6,8,24H,1,3,7H2,(H,17,19,20)(H2,18,21,22,23,25). The number of urea groups is 1. The van der Waals surface area contributed by atoms with Crippen LogP contribution in [0.4, 0.5) is 21.6 Å². The van der Waals surface area contributed by atoms with E-state index in [1.165, 1.54) is 17.4 Å². The molecule has 0 aliphatic heterocycles. The number of hydrogen-bond acceptors (Lipinski definition) is 10. The van der Waals surface area contributed by atoms with E-state index in [0.717, 1.165) is 27.3 Å². The summed E-state index contributed by atoms with van der Waals surface area (Å²) in [6, 6.07) is 2.91. The molecule has 0 atom stereocenters. The Kier molecular flexibility index (Phi) is 5.41. The molecule has 0 saturated heterocycles. The third-order valence-electron chi connectivity index (χ3n) is 3.64. The predicted octanol–water partition coefficient (Wildman–Crippen LogP) is 2.93. The van der Waals surface area contributed by atoms with E-state index in [1.807, 2.05) is 11.4 Å². The minimum atomic E-state index is -0.488. The second-order valence-corrected chi connectivity index (χ2v) is 7.61. The molecule has 4 rings (SSSR count). The monoisotopic (exact) mass is 417 g/mol. The number of fused-ring (bicyclic) bond motifs is 1. The number of aliphatic hydroxyl groups excluding tert-OH is 1. The maximum atomic E-state index is 12.0. The molecule has 12 heteroatoms. The van der Waals surface area contributed by atoms with Crippen molar-refractivity contribution in [3.05, 3.63) is 40.7 Å². The zero-order chi connectivity index (χ0) is 19.3. The molecule has 0 bridgehead atoms. The molecule has 10 nitrogen and oxygen atoms in total. The van der Waals surface area contributed by atoms with E-state index in [0.29, 0.717) is 11.7 Å². The normalized spacial score (nSPS) is 10.9. The number of anilines is 3. The van der Waals surface area contributed by atoms with Crippen LogP contribution in [0.1, 0.15) is 10.6 Å². The Morgan fingerprint density at radius 1 is 1.25 bits per heavy atom. The Bertz CT molecular complexity index is 1090. The molecule has 0 aromatic carbocycles. The van der Waals surface area contributed by atoms with E-state index < -0.39 is 6.03 Å². The van der Waals surface area contributed by atoms with Gasteiger partial charge in [-0.3, -0.25) is 10.6 Å². The number of nitrogens with zero attached hydrogens (tertiary/aromatic N) is 4. The topological polar surface area (TPSA) is 138 Å². The summed E-state index contributed by atoms with van der Waals surface area (Å²) >= 11 is 2.98. The molecule has 4 aromatic heterocycles. The number of thiophene rings is 1. The Balaban J connectivity index is 1.28. The molecule has 4 aromatic rings. The maximum absolute atomic E-state index is 12.0. The molecule has 0 radical (unpaired) electrons. The lowest BCUT2D eigenvalue weighted by molar-refractivity contribution is 0.229. The number of thiazole rings is 1. The third kappa shape index (κ3) is 4.24. The van der Waals surface area contributed by atoms with Crippen LogP contribution in [0.2, 0.25) is 0 Å². The maximum Gasteiger partial charge on any atom is 0.326 e. The van der Waals surface area contributed by atoms with Crippen molar-refractivity contribution in [2.45, 2.75) is 13.0 Å². The van der Waals surface area contributed by atoms with Crippen LogP contribution >= 0.6 is 22.7 Å². The molecule has 0 aliphatic carbocycles. The Morgan fingerprint density at radius 3 is 3.04 bits per heavy atom. The molecule has 0 fully saturated rings.